The molecule has 3 heterocycles. The fourth-order valence-corrected chi connectivity index (χ4v) is 18.3. The zero-order valence-corrected chi connectivity index (χ0v) is 71.6. The third-order valence-corrected chi connectivity index (χ3v) is 25.1. The van der Waals surface area contributed by atoms with Crippen molar-refractivity contribution >= 4 is 97.4 Å². The van der Waals surface area contributed by atoms with Crippen LogP contribution in [0.2, 0.25) is 0 Å². The summed E-state index contributed by atoms with van der Waals surface area (Å²) in [6.45, 7) is 26.2. The van der Waals surface area contributed by atoms with Crippen LogP contribution in [0, 0.1) is 55.5 Å². The lowest BCUT2D eigenvalue weighted by molar-refractivity contribution is -0.388. The lowest BCUT2D eigenvalue weighted by Crippen LogP contribution is -2.54. The molecule has 4 fully saturated rings. The number of halogens is 3. The maximum Gasteiger partial charge on any atom is 0.410 e. The minimum absolute atomic E-state index is 0. The number of nitro benzene ring substituents is 2. The standard InChI is InChI=1S/C42H52FN5O12S.C33H46N4O11S.C9H9F.CH4.ClH/c1-7-10-19-46(61(56,57)35-17-12-11-16-33(35)48(54)55)20-18-27(21-36(49)60-41(4,5)6)38(51)47-25-30(59-40(53)45-24-28-14-13-15-32(43)31(28)26-45)22-34(47)37(50)44-42(23-29(42)8-2)39(52)58-9-3;1-7-10-16-35(49(45,46)27-14-12-11-13-25(27)37(43)44)17-15-22(18-28(39)48-32(4,5)6)30(41)36-21-24(38)19-26(36)29(40)34-33(20-23(33)8-2)31(42)47-9-3;10-9-6-2-4-7-3-1-5-8(7)9;;/h7-8,11-17,27,29-30,34H,1-2,9-10,18-26H2,3-6H3,(H,44,50);7-8,11-14,22-24,26,38H,1-2,9-10,15-21H2,3-6H3,(H,34,40);2,4,6H,1,3,5H2;1H4;1H/t27-,29-,30-,34+,42-;22-,23-,24-,26+,33-;;;/m11.../s1. The number of ether oxygens (including phenoxy) is 5. The Labute approximate surface area is 716 Å². The first kappa shape index (κ1) is 100. The molecule has 37 heteroatoms. The zero-order chi connectivity index (χ0) is 88.6. The summed E-state index contributed by atoms with van der Waals surface area (Å²) in [5, 5.41) is 39.6. The van der Waals surface area contributed by atoms with E-state index in [4.69, 9.17) is 23.7 Å². The van der Waals surface area contributed by atoms with E-state index in [9.17, 15) is 94.1 Å². The van der Waals surface area contributed by atoms with E-state index in [1.807, 2.05) is 6.07 Å². The van der Waals surface area contributed by atoms with Crippen molar-refractivity contribution in [2.24, 2.45) is 23.7 Å². The summed E-state index contributed by atoms with van der Waals surface area (Å²) in [5.41, 5.74) is -2.89. The minimum Gasteiger partial charge on any atom is -0.464 e. The van der Waals surface area contributed by atoms with Crippen molar-refractivity contribution in [2.45, 2.75) is 216 Å². The largest absolute Gasteiger partial charge is 0.464 e. The van der Waals surface area contributed by atoms with Gasteiger partial charge >= 0.3 is 30.0 Å². The van der Waals surface area contributed by atoms with Crippen LogP contribution in [0.1, 0.15) is 156 Å². The number of sulfonamides is 2. The number of benzene rings is 4. The number of fused-ring (bicyclic) bond motifs is 2. The summed E-state index contributed by atoms with van der Waals surface area (Å²) in [7, 11) is -9.02. The highest BCUT2D eigenvalue weighted by atomic mass is 35.5. The number of nitro groups is 2. The smallest absolute Gasteiger partial charge is 0.410 e. The second kappa shape index (κ2) is 43.1. The number of aliphatic hydroxyl groups is 1. The van der Waals surface area contributed by atoms with Crippen LogP contribution in [-0.2, 0) is 108 Å². The van der Waals surface area contributed by atoms with Crippen LogP contribution in [0.25, 0.3) is 0 Å². The molecule has 668 valence electrons. The highest BCUT2D eigenvalue weighted by Crippen LogP contribution is 2.47. The van der Waals surface area contributed by atoms with Crippen molar-refractivity contribution in [1.82, 2.24) is 33.9 Å². The van der Waals surface area contributed by atoms with Gasteiger partial charge in [-0.1, -0.05) is 80.3 Å². The van der Waals surface area contributed by atoms with Gasteiger partial charge in [-0.05, 0) is 154 Å². The topological polar surface area (TPSA) is 415 Å². The van der Waals surface area contributed by atoms with E-state index in [-0.39, 0.29) is 136 Å². The Morgan fingerprint density at radius 2 is 1.03 bits per heavy atom. The number of nitrogens with one attached hydrogen (secondary N) is 2. The number of amides is 5. The monoisotopic (exact) mass is 1760 g/mol. The molecule has 0 spiro atoms. The average molecular weight is 1770 g/mol. The maximum absolute atomic E-state index is 14.8. The molecule has 6 aliphatic rings. The van der Waals surface area contributed by atoms with Crippen molar-refractivity contribution in [1.29, 1.82) is 0 Å². The molecule has 3 aliphatic heterocycles. The summed E-state index contributed by atoms with van der Waals surface area (Å²) in [5.74, 6) is -9.79. The summed E-state index contributed by atoms with van der Waals surface area (Å²) >= 11 is 0. The number of carbonyl (C=O) groups excluding carboxylic acids is 9. The van der Waals surface area contributed by atoms with E-state index in [0.717, 1.165) is 67.5 Å². The first-order valence-corrected chi connectivity index (χ1v) is 42.6. The maximum atomic E-state index is 14.8. The van der Waals surface area contributed by atoms with Gasteiger partial charge in [0.05, 0.1) is 55.1 Å². The number of nitrogens with zero attached hydrogens (tertiary/aromatic N) is 7. The molecule has 122 heavy (non-hydrogen) atoms. The zero-order valence-electron chi connectivity index (χ0n) is 69.1. The van der Waals surface area contributed by atoms with Crippen LogP contribution in [0.15, 0.2) is 145 Å². The fraction of sp³-hybridized carbons (Fsp3) is 0.518. The molecule has 10 rings (SSSR count). The van der Waals surface area contributed by atoms with Gasteiger partial charge in [0.15, 0.2) is 9.79 Å². The predicted molar refractivity (Wildman–Crippen MR) is 447 cm³/mol. The van der Waals surface area contributed by atoms with Crippen molar-refractivity contribution in [3.05, 3.63) is 190 Å². The number of carbonyl (C=O) groups is 9. The Balaban J connectivity index is 0.000000338. The lowest BCUT2D eigenvalue weighted by Gasteiger charge is -2.30. The molecule has 2 saturated heterocycles. The molecular weight excluding hydrogens is 1650 g/mol. The van der Waals surface area contributed by atoms with Gasteiger partial charge < -0.3 is 49.2 Å². The molecule has 4 aromatic rings. The van der Waals surface area contributed by atoms with Crippen molar-refractivity contribution < 1.29 is 107 Å². The molecule has 0 bridgehead atoms. The number of para-hydroxylation sites is 2. The molecule has 5 amide bonds. The van der Waals surface area contributed by atoms with Crippen LogP contribution in [0.3, 0.4) is 0 Å². The molecule has 10 atom stereocenters. The molecular formula is C85H112ClF2N9O23S2. The number of rotatable bonds is 35. The van der Waals surface area contributed by atoms with E-state index >= 15 is 0 Å². The van der Waals surface area contributed by atoms with Crippen LogP contribution >= 0.6 is 12.4 Å². The number of likely N-dealkylation sites (tertiary alicyclic amines) is 2. The summed E-state index contributed by atoms with van der Waals surface area (Å²) in [6, 6.07) is 17.0. The molecule has 3 N–H and O–H groups in total. The average Bonchev–Trinajstić information content (AvgIpc) is 1.58. The second-order valence-electron chi connectivity index (χ2n) is 32.0. The van der Waals surface area contributed by atoms with E-state index in [0.29, 0.717) is 11.1 Å². The van der Waals surface area contributed by atoms with Gasteiger partial charge in [-0.3, -0.25) is 53.9 Å². The van der Waals surface area contributed by atoms with Crippen molar-refractivity contribution in [3.8, 4) is 0 Å². The number of hydrogen-bond donors (Lipinski definition) is 3. The minimum atomic E-state index is -4.56. The fourth-order valence-electron chi connectivity index (χ4n) is 15.1. The van der Waals surface area contributed by atoms with E-state index in [2.05, 4.69) is 36.9 Å². The van der Waals surface area contributed by atoms with Crippen LogP contribution < -0.4 is 10.6 Å². The van der Waals surface area contributed by atoms with Gasteiger partial charge in [-0.2, -0.15) is 8.61 Å². The Hall–Kier alpha value is -10.4. The Kier molecular flexibility index (Phi) is 35.5. The Morgan fingerprint density at radius 1 is 0.607 bits per heavy atom. The number of esters is 4. The van der Waals surface area contributed by atoms with E-state index in [1.165, 1.54) is 71.2 Å². The summed E-state index contributed by atoms with van der Waals surface area (Å²) < 4.78 is 112. The summed E-state index contributed by atoms with van der Waals surface area (Å²) in [4.78, 5) is 147. The number of hydrogen-bond acceptors (Lipinski definition) is 23. The highest BCUT2D eigenvalue weighted by Gasteiger charge is 2.63. The third-order valence-electron chi connectivity index (χ3n) is 21.2. The molecule has 0 radical (unpaired) electrons. The molecule has 3 aliphatic carbocycles. The van der Waals surface area contributed by atoms with Crippen LogP contribution in [-0.4, -0.2) is 208 Å². The van der Waals surface area contributed by atoms with Gasteiger partial charge in [0.2, 0.25) is 43.7 Å². The summed E-state index contributed by atoms with van der Waals surface area (Å²) in [6.07, 6.45) is 4.84. The molecule has 32 nitrogen and oxygen atoms in total. The molecule has 0 aromatic heterocycles. The first-order chi connectivity index (χ1) is 56.5. The third kappa shape index (κ3) is 25.0. The molecule has 4 aromatic carbocycles. The van der Waals surface area contributed by atoms with Crippen molar-refractivity contribution in [2.75, 3.05) is 52.5 Å². The Bertz CT molecular complexity index is 4790. The number of β-amino-alcohol motifs (C(OH)–C–C–N with tert-alkyl or cyclic N) is 1. The lowest BCUT2D eigenvalue weighted by atomic mass is 9.98. The molecule has 2 saturated carbocycles. The highest BCUT2D eigenvalue weighted by molar-refractivity contribution is 7.89. The van der Waals surface area contributed by atoms with Gasteiger partial charge in [0.25, 0.3) is 11.4 Å². The molecule has 0 unspecified atom stereocenters. The quantitative estimate of drug-likeness (QED) is 0.0127. The number of aliphatic hydroxyl groups excluding tert-OH is 1. The Morgan fingerprint density at radius 3 is 1.43 bits per heavy atom. The van der Waals surface area contributed by atoms with Gasteiger partial charge in [0, 0.05) is 93.5 Å². The van der Waals surface area contributed by atoms with E-state index in [1.54, 1.807) is 73.6 Å². The van der Waals surface area contributed by atoms with E-state index < -0.39 is 200 Å². The number of aryl methyl sites for hydroxylation is 1. The van der Waals surface area contributed by atoms with Crippen LogP contribution in [0.5, 0.6) is 0 Å². The van der Waals surface area contributed by atoms with Gasteiger partial charge in [-0.15, -0.1) is 38.7 Å². The van der Waals surface area contributed by atoms with Gasteiger partial charge in [-0.25, -0.2) is 40.0 Å². The predicted octanol–water partition coefficient (Wildman–Crippen LogP) is 10.6. The normalized spacial score (nSPS) is 20.9. The first-order valence-electron chi connectivity index (χ1n) is 39.7. The van der Waals surface area contributed by atoms with Crippen molar-refractivity contribution in [3.63, 3.8) is 0 Å². The SMILES string of the molecule is C.C=CCCN(CC[C@H](CC(=O)OC(C)(C)C)C(=O)N1C[C@H](O)C[C@H]1C(=O)N[C@]1(C(=O)OCC)C[C@H]1C=C)S(=O)(=O)c1ccccc1[N+](=O)[O-].C=CCCN(CC[C@H](CC(=O)OC(C)(C)C)C(=O)N1C[C@H](OC(=O)N2Cc3cccc(F)c3C2)C[C@H]1C(=O)N[C@]1(C(=O)OCC)C[C@H]1C=C)S(=O)(=O)c1ccccc1[N+](=O)[O-].Cl.Fc1cccc2c1CCC2. The van der Waals surface area contributed by atoms with Crippen LogP contribution in [0.4, 0.5) is 25.0 Å². The van der Waals surface area contributed by atoms with Gasteiger partial charge in [0.1, 0.15) is 52.1 Å². The second-order valence-corrected chi connectivity index (χ2v) is 35.8.